The van der Waals surface area contributed by atoms with Crippen molar-refractivity contribution in [2.45, 2.75) is 20.8 Å². The van der Waals surface area contributed by atoms with Crippen molar-refractivity contribution in [2.75, 3.05) is 5.32 Å². The molecule has 0 saturated carbocycles. The van der Waals surface area contributed by atoms with Gasteiger partial charge in [-0.3, -0.25) is 9.59 Å². The van der Waals surface area contributed by atoms with Crippen LogP contribution in [0.4, 0.5) is 5.69 Å². The maximum Gasteiger partial charge on any atom is 0.267 e. The number of thiazole rings is 1. The number of anilines is 1. The highest BCUT2D eigenvalue weighted by molar-refractivity contribution is 7.17. The minimum absolute atomic E-state index is 0.00967. The molecule has 24 heavy (non-hydrogen) atoms. The minimum atomic E-state index is -0.227. The zero-order valence-electron chi connectivity index (χ0n) is 13.5. The average molecular weight is 340 g/mol. The number of carbonyl (C=O) groups excluding carboxylic acids is 2. The number of benzene rings is 1. The Morgan fingerprint density at radius 3 is 2.38 bits per heavy atom. The standard InChI is InChI=1S/C18H16N2O3S/c1-10-4-9-15(23-10)18-19-11(2)16(24-18)17(22)20-14-7-5-13(6-8-14)12(3)21/h4-9H,1-3H3,(H,20,22). The molecule has 1 amide bonds. The van der Waals surface area contributed by atoms with Crippen molar-refractivity contribution < 1.29 is 14.0 Å². The Kier molecular flexibility index (Phi) is 4.31. The van der Waals surface area contributed by atoms with Crippen LogP contribution in [-0.4, -0.2) is 16.7 Å². The Bertz CT molecular complexity index is 907. The first-order valence-electron chi connectivity index (χ1n) is 7.40. The zero-order chi connectivity index (χ0) is 17.3. The second kappa shape index (κ2) is 6.41. The largest absolute Gasteiger partial charge is 0.459 e. The Labute approximate surface area is 143 Å². The van der Waals surface area contributed by atoms with Gasteiger partial charge in [-0.15, -0.1) is 11.3 Å². The fourth-order valence-electron chi connectivity index (χ4n) is 2.24. The molecular formula is C18H16N2O3S. The molecule has 0 bridgehead atoms. The van der Waals surface area contributed by atoms with Crippen LogP contribution >= 0.6 is 11.3 Å². The number of aryl methyl sites for hydroxylation is 2. The van der Waals surface area contributed by atoms with Gasteiger partial charge in [-0.05, 0) is 57.2 Å². The third kappa shape index (κ3) is 3.28. The van der Waals surface area contributed by atoms with Crippen molar-refractivity contribution in [2.24, 2.45) is 0 Å². The number of nitrogens with zero attached hydrogens (tertiary/aromatic N) is 1. The fraction of sp³-hybridized carbons (Fsp3) is 0.167. The van der Waals surface area contributed by atoms with Gasteiger partial charge in [0.25, 0.3) is 5.91 Å². The molecular weight excluding hydrogens is 324 g/mol. The van der Waals surface area contributed by atoms with Crippen LogP contribution in [0.3, 0.4) is 0 Å². The van der Waals surface area contributed by atoms with Crippen molar-refractivity contribution in [3.63, 3.8) is 0 Å². The van der Waals surface area contributed by atoms with Crippen molar-refractivity contribution in [3.05, 3.63) is 58.3 Å². The van der Waals surface area contributed by atoms with E-state index in [1.807, 2.05) is 19.1 Å². The summed E-state index contributed by atoms with van der Waals surface area (Å²) < 4.78 is 5.56. The van der Waals surface area contributed by atoms with Crippen LogP contribution in [0.5, 0.6) is 0 Å². The van der Waals surface area contributed by atoms with Gasteiger partial charge in [-0.1, -0.05) is 0 Å². The first kappa shape index (κ1) is 16.1. The summed E-state index contributed by atoms with van der Waals surface area (Å²) in [5, 5.41) is 3.50. The maximum absolute atomic E-state index is 12.5. The van der Waals surface area contributed by atoms with E-state index >= 15 is 0 Å². The molecule has 0 unspecified atom stereocenters. The van der Waals surface area contributed by atoms with Crippen LogP contribution in [0.2, 0.25) is 0 Å². The van der Waals surface area contributed by atoms with Gasteiger partial charge in [0, 0.05) is 11.3 Å². The second-order valence-corrected chi connectivity index (χ2v) is 6.43. The van der Waals surface area contributed by atoms with Gasteiger partial charge in [-0.25, -0.2) is 4.98 Å². The van der Waals surface area contributed by atoms with E-state index in [0.29, 0.717) is 32.6 Å². The molecule has 0 radical (unpaired) electrons. The van der Waals surface area contributed by atoms with Crippen molar-refractivity contribution in [1.29, 1.82) is 0 Å². The van der Waals surface area contributed by atoms with E-state index < -0.39 is 0 Å². The lowest BCUT2D eigenvalue weighted by Gasteiger charge is -2.04. The number of rotatable bonds is 4. The Hall–Kier alpha value is -2.73. The lowest BCUT2D eigenvalue weighted by atomic mass is 10.1. The Morgan fingerprint density at radius 2 is 1.79 bits per heavy atom. The molecule has 122 valence electrons. The Morgan fingerprint density at radius 1 is 1.08 bits per heavy atom. The van der Waals surface area contributed by atoms with Gasteiger partial charge in [0.1, 0.15) is 10.6 Å². The summed E-state index contributed by atoms with van der Waals surface area (Å²) in [5.41, 5.74) is 1.90. The summed E-state index contributed by atoms with van der Waals surface area (Å²) in [6.07, 6.45) is 0. The predicted octanol–water partition coefficient (Wildman–Crippen LogP) is 4.47. The van der Waals surface area contributed by atoms with E-state index in [-0.39, 0.29) is 11.7 Å². The van der Waals surface area contributed by atoms with E-state index in [1.165, 1.54) is 18.3 Å². The number of furan rings is 1. The summed E-state index contributed by atoms with van der Waals surface area (Å²) in [7, 11) is 0. The smallest absolute Gasteiger partial charge is 0.267 e. The molecule has 1 N–H and O–H groups in total. The number of carbonyl (C=O) groups is 2. The summed E-state index contributed by atoms with van der Waals surface area (Å²) in [6, 6.07) is 10.5. The van der Waals surface area contributed by atoms with Crippen LogP contribution in [0.25, 0.3) is 10.8 Å². The lowest BCUT2D eigenvalue weighted by molar-refractivity contribution is 0.101. The summed E-state index contributed by atoms with van der Waals surface area (Å²) in [6.45, 7) is 5.16. The van der Waals surface area contributed by atoms with E-state index in [1.54, 1.807) is 31.2 Å². The minimum Gasteiger partial charge on any atom is -0.459 e. The first-order chi connectivity index (χ1) is 11.4. The monoisotopic (exact) mass is 340 g/mol. The topological polar surface area (TPSA) is 72.2 Å². The lowest BCUT2D eigenvalue weighted by Crippen LogP contribution is -2.11. The molecule has 0 aliphatic heterocycles. The molecule has 3 aromatic rings. The van der Waals surface area contributed by atoms with Crippen molar-refractivity contribution >= 4 is 28.7 Å². The van der Waals surface area contributed by atoms with E-state index in [2.05, 4.69) is 10.3 Å². The molecule has 0 aliphatic carbocycles. The number of hydrogen-bond acceptors (Lipinski definition) is 5. The second-order valence-electron chi connectivity index (χ2n) is 5.43. The van der Waals surface area contributed by atoms with Gasteiger partial charge in [0.05, 0.1) is 5.69 Å². The van der Waals surface area contributed by atoms with E-state index in [9.17, 15) is 9.59 Å². The molecule has 2 heterocycles. The number of amides is 1. The number of nitrogens with one attached hydrogen (secondary N) is 1. The number of Topliss-reactive ketones (excluding diaryl/α,β-unsaturated/α-hetero) is 1. The molecule has 2 aromatic heterocycles. The number of hydrogen-bond donors (Lipinski definition) is 1. The van der Waals surface area contributed by atoms with Gasteiger partial charge < -0.3 is 9.73 Å². The van der Waals surface area contributed by atoms with Crippen molar-refractivity contribution in [1.82, 2.24) is 4.98 Å². The molecule has 6 heteroatoms. The molecule has 0 saturated heterocycles. The third-order valence-electron chi connectivity index (χ3n) is 3.50. The van der Waals surface area contributed by atoms with Crippen LogP contribution in [0.15, 0.2) is 40.8 Å². The molecule has 5 nitrogen and oxygen atoms in total. The maximum atomic E-state index is 12.5. The summed E-state index contributed by atoms with van der Waals surface area (Å²) >= 11 is 1.29. The van der Waals surface area contributed by atoms with E-state index in [4.69, 9.17) is 4.42 Å². The van der Waals surface area contributed by atoms with Gasteiger partial charge in [-0.2, -0.15) is 0 Å². The average Bonchev–Trinajstić information content (AvgIpc) is 3.13. The quantitative estimate of drug-likeness (QED) is 0.711. The van der Waals surface area contributed by atoms with Crippen LogP contribution in [0, 0.1) is 13.8 Å². The van der Waals surface area contributed by atoms with Crippen LogP contribution in [-0.2, 0) is 0 Å². The zero-order valence-corrected chi connectivity index (χ0v) is 14.4. The fourth-order valence-corrected chi connectivity index (χ4v) is 3.16. The normalized spacial score (nSPS) is 10.6. The van der Waals surface area contributed by atoms with Crippen LogP contribution < -0.4 is 5.32 Å². The summed E-state index contributed by atoms with van der Waals surface area (Å²) in [5.74, 6) is 1.22. The summed E-state index contributed by atoms with van der Waals surface area (Å²) in [4.78, 5) is 28.7. The van der Waals surface area contributed by atoms with Gasteiger partial charge in [0.15, 0.2) is 16.6 Å². The first-order valence-corrected chi connectivity index (χ1v) is 8.22. The number of aromatic nitrogens is 1. The number of ketones is 1. The molecule has 0 aliphatic rings. The molecule has 0 spiro atoms. The SMILES string of the molecule is CC(=O)c1ccc(NC(=O)c2sc(-c3ccc(C)o3)nc2C)cc1. The molecule has 0 atom stereocenters. The highest BCUT2D eigenvalue weighted by Crippen LogP contribution is 2.29. The highest BCUT2D eigenvalue weighted by Gasteiger charge is 2.18. The van der Waals surface area contributed by atoms with Gasteiger partial charge in [0.2, 0.25) is 0 Å². The molecule has 0 fully saturated rings. The third-order valence-corrected chi connectivity index (χ3v) is 4.67. The van der Waals surface area contributed by atoms with Gasteiger partial charge >= 0.3 is 0 Å². The predicted molar refractivity (Wildman–Crippen MR) is 93.7 cm³/mol. The molecule has 1 aromatic carbocycles. The van der Waals surface area contributed by atoms with Crippen molar-refractivity contribution in [3.8, 4) is 10.8 Å². The van der Waals surface area contributed by atoms with Crippen LogP contribution in [0.1, 0.15) is 38.4 Å². The van der Waals surface area contributed by atoms with E-state index in [0.717, 1.165) is 5.76 Å². The Balaban J connectivity index is 1.80. The highest BCUT2D eigenvalue weighted by atomic mass is 32.1. The molecule has 3 rings (SSSR count).